The molecule has 9 rings (SSSR count). The summed E-state index contributed by atoms with van der Waals surface area (Å²) in [6.45, 7) is 15.3. The van der Waals surface area contributed by atoms with Gasteiger partial charge < -0.3 is 20.1 Å². The number of fused-ring (bicyclic) bond motifs is 5. The van der Waals surface area contributed by atoms with Gasteiger partial charge in [0.05, 0.1) is 67.6 Å². The maximum absolute atomic E-state index is 14.3. The van der Waals surface area contributed by atoms with Crippen LogP contribution in [0.4, 0.5) is 0 Å². The van der Waals surface area contributed by atoms with Gasteiger partial charge in [-0.2, -0.15) is 10.1 Å². The lowest BCUT2D eigenvalue weighted by atomic mass is 9.81. The van der Waals surface area contributed by atoms with Gasteiger partial charge in [-0.05, 0) is 106 Å². The van der Waals surface area contributed by atoms with Gasteiger partial charge in [0.1, 0.15) is 24.5 Å². The lowest BCUT2D eigenvalue weighted by molar-refractivity contribution is -0.142. The Morgan fingerprint density at radius 2 is 1.83 bits per heavy atom. The van der Waals surface area contributed by atoms with E-state index >= 15 is 0 Å². The molecule has 2 saturated heterocycles. The highest BCUT2D eigenvalue weighted by Gasteiger charge is 2.43. The topological polar surface area (TPSA) is 148 Å². The van der Waals surface area contributed by atoms with E-state index in [1.54, 1.807) is 34.5 Å². The maximum atomic E-state index is 14.3. The number of amides is 2. The van der Waals surface area contributed by atoms with Gasteiger partial charge in [0.15, 0.2) is 5.75 Å². The summed E-state index contributed by atoms with van der Waals surface area (Å²) in [7, 11) is 0. The van der Waals surface area contributed by atoms with Crippen molar-refractivity contribution < 1.29 is 19.4 Å². The van der Waals surface area contributed by atoms with E-state index in [9.17, 15) is 19.5 Å². The van der Waals surface area contributed by atoms with E-state index in [4.69, 9.17) is 16.3 Å². The number of hydrogen-bond donors (Lipinski definition) is 2. The van der Waals surface area contributed by atoms with Gasteiger partial charge in [-0.3, -0.25) is 28.5 Å². The Bertz CT molecular complexity index is 2770. The van der Waals surface area contributed by atoms with Crippen molar-refractivity contribution in [2.45, 2.75) is 96.4 Å². The molecule has 6 aromatic rings. The predicted molar refractivity (Wildman–Crippen MR) is 249 cm³/mol. The fourth-order valence-corrected chi connectivity index (χ4v) is 11.0. The molecule has 3 aliphatic heterocycles. The number of aryl methyl sites for hydroxylation is 1. The molecule has 2 N–H and O–H groups in total. The third-order valence-electron chi connectivity index (χ3n) is 13.5. The number of thiazole rings is 1. The first-order chi connectivity index (χ1) is 30.7. The third kappa shape index (κ3) is 8.14. The lowest BCUT2D eigenvalue weighted by Gasteiger charge is -2.32. The highest BCUT2D eigenvalue weighted by molar-refractivity contribution is 7.13. The quantitative estimate of drug-likeness (QED) is 0.127. The summed E-state index contributed by atoms with van der Waals surface area (Å²) in [4.78, 5) is 55.0. The number of rotatable bonds is 12. The molecule has 0 spiro atoms. The number of aliphatic hydroxyl groups excluding tert-OH is 1. The van der Waals surface area contributed by atoms with Crippen LogP contribution in [0.25, 0.3) is 27.0 Å². The van der Waals surface area contributed by atoms with Gasteiger partial charge >= 0.3 is 0 Å². The molecule has 334 valence electrons. The summed E-state index contributed by atoms with van der Waals surface area (Å²) in [5, 5.41) is 19.2. The number of nitrogens with one attached hydrogen (secondary N) is 1. The molecule has 3 aromatic carbocycles. The smallest absolute Gasteiger partial charge is 0.282 e. The Balaban J connectivity index is 0.788. The number of carbonyl (C=O) groups is 2. The van der Waals surface area contributed by atoms with Crippen LogP contribution in [0.1, 0.15) is 100 Å². The molecule has 3 aromatic heterocycles. The van der Waals surface area contributed by atoms with Crippen molar-refractivity contribution >= 4 is 45.7 Å². The van der Waals surface area contributed by atoms with Crippen molar-refractivity contribution in [2.75, 3.05) is 32.8 Å². The Kier molecular flexibility index (Phi) is 12.0. The van der Waals surface area contributed by atoms with Crippen LogP contribution in [0, 0.1) is 12.8 Å². The molecule has 0 radical (unpaired) electrons. The molecule has 0 saturated carbocycles. The Morgan fingerprint density at radius 3 is 2.55 bits per heavy atom. The molecular formula is C49H55ClN8O5S. The van der Waals surface area contributed by atoms with Crippen molar-refractivity contribution in [1.29, 1.82) is 0 Å². The van der Waals surface area contributed by atoms with Gasteiger partial charge in [-0.15, -0.1) is 11.3 Å². The second-order valence-electron chi connectivity index (χ2n) is 18.4. The molecule has 2 amide bonds. The summed E-state index contributed by atoms with van der Waals surface area (Å²) in [6.07, 6.45) is 4.78. The van der Waals surface area contributed by atoms with Gasteiger partial charge in [-0.1, -0.05) is 67.9 Å². The fraction of sp³-hybridized carbons (Fsp3) is 0.429. The van der Waals surface area contributed by atoms with Crippen LogP contribution < -0.4 is 15.6 Å². The monoisotopic (exact) mass is 902 g/mol. The highest BCUT2D eigenvalue weighted by Crippen LogP contribution is 2.45. The molecule has 15 heteroatoms. The number of aliphatic hydroxyl groups is 1. The summed E-state index contributed by atoms with van der Waals surface area (Å²) < 4.78 is 9.91. The zero-order chi connectivity index (χ0) is 45.0. The third-order valence-corrected chi connectivity index (χ3v) is 14.8. The van der Waals surface area contributed by atoms with Gasteiger partial charge in [-0.25, -0.2) is 4.98 Å². The van der Waals surface area contributed by atoms with Gasteiger partial charge in [0, 0.05) is 19.5 Å². The van der Waals surface area contributed by atoms with Crippen LogP contribution in [0.2, 0.25) is 5.02 Å². The molecule has 0 unspecified atom stereocenters. The first kappa shape index (κ1) is 43.8. The van der Waals surface area contributed by atoms with Crippen LogP contribution in [-0.2, 0) is 15.0 Å². The number of halogens is 1. The van der Waals surface area contributed by atoms with E-state index in [0.717, 1.165) is 76.8 Å². The maximum Gasteiger partial charge on any atom is 0.282 e. The molecule has 2 fully saturated rings. The second-order valence-corrected chi connectivity index (χ2v) is 19.7. The van der Waals surface area contributed by atoms with Crippen LogP contribution in [0.3, 0.4) is 0 Å². The number of carbonyl (C=O) groups excluding carboxylic acids is 2. The zero-order valence-electron chi connectivity index (χ0n) is 37.1. The molecule has 0 aliphatic carbocycles. The number of β-amino-alcohol motifs (C(OH)–C–C–N with tert-alkyl or cyclic N) is 1. The first-order valence-corrected chi connectivity index (χ1v) is 23.5. The SMILES string of the molecule is Cc1ncsc1-c1ccc([C@H](C)NC(=O)[C@@H]2C[C@@H](O)CN2C(=O)[C@H](C(C)C)n2cc(OCCN3CCC(c4ccc5c(c4)C(C)(C)c4nc(=O)c6c(Cl)cccc6n4-5)CC3)cn2)cc1. The van der Waals surface area contributed by atoms with E-state index in [0.29, 0.717) is 28.7 Å². The fourth-order valence-electron chi connectivity index (χ4n) is 9.92. The molecule has 64 heavy (non-hydrogen) atoms. The average molecular weight is 904 g/mol. The van der Waals surface area contributed by atoms with Crippen molar-refractivity contribution in [3.63, 3.8) is 0 Å². The number of nitrogens with zero attached hydrogens (tertiary/aromatic N) is 7. The van der Waals surface area contributed by atoms with E-state index in [1.807, 2.05) is 69.6 Å². The second kappa shape index (κ2) is 17.5. The predicted octanol–water partition coefficient (Wildman–Crippen LogP) is 7.60. The molecule has 6 heterocycles. The highest BCUT2D eigenvalue weighted by atomic mass is 35.5. The Labute approximate surface area is 382 Å². The van der Waals surface area contributed by atoms with Crippen molar-refractivity contribution in [2.24, 2.45) is 5.92 Å². The number of benzene rings is 3. The van der Waals surface area contributed by atoms with E-state index in [1.165, 1.54) is 10.5 Å². The van der Waals surface area contributed by atoms with Crippen LogP contribution >= 0.6 is 22.9 Å². The first-order valence-electron chi connectivity index (χ1n) is 22.2. The molecule has 4 atom stereocenters. The van der Waals surface area contributed by atoms with Crippen LogP contribution in [-0.4, -0.2) is 96.0 Å². The molecule has 3 aliphatic rings. The lowest BCUT2D eigenvalue weighted by Crippen LogP contribution is -2.49. The largest absolute Gasteiger partial charge is 0.489 e. The number of likely N-dealkylation sites (tertiary alicyclic amines) is 2. The van der Waals surface area contributed by atoms with Crippen molar-refractivity contribution in [3.8, 4) is 21.9 Å². The van der Waals surface area contributed by atoms with E-state index < -0.39 is 23.6 Å². The normalized spacial score (nSPS) is 19.5. The van der Waals surface area contributed by atoms with Crippen molar-refractivity contribution in [3.05, 3.63) is 122 Å². The van der Waals surface area contributed by atoms with Crippen LogP contribution in [0.5, 0.6) is 5.75 Å². The minimum Gasteiger partial charge on any atom is -0.489 e. The average Bonchev–Trinajstić information content (AvgIpc) is 4.07. The van der Waals surface area contributed by atoms with Crippen molar-refractivity contribution in [1.82, 2.24) is 39.4 Å². The Morgan fingerprint density at radius 1 is 1.06 bits per heavy atom. The number of piperidine rings is 1. The number of hydrogen-bond acceptors (Lipinski definition) is 10. The molecular weight excluding hydrogens is 848 g/mol. The number of aromatic nitrogens is 5. The Hall–Kier alpha value is -5.41. The van der Waals surface area contributed by atoms with E-state index in [2.05, 4.69) is 61.9 Å². The minimum atomic E-state index is -0.808. The molecule has 13 nitrogen and oxygen atoms in total. The van der Waals surface area contributed by atoms with Crippen LogP contribution in [0.15, 0.2) is 83.4 Å². The molecule has 0 bridgehead atoms. The van der Waals surface area contributed by atoms with Gasteiger partial charge in [0.25, 0.3) is 5.56 Å². The summed E-state index contributed by atoms with van der Waals surface area (Å²) in [5.41, 5.74) is 8.38. The van der Waals surface area contributed by atoms with E-state index in [-0.39, 0.29) is 42.3 Å². The summed E-state index contributed by atoms with van der Waals surface area (Å²) in [6, 6.07) is 18.5. The minimum absolute atomic E-state index is 0.0739. The zero-order valence-corrected chi connectivity index (χ0v) is 38.7. The van der Waals surface area contributed by atoms with Gasteiger partial charge in [0.2, 0.25) is 11.8 Å². The summed E-state index contributed by atoms with van der Waals surface area (Å²) >= 11 is 8.07. The standard InChI is InChI=1S/C49H55ClN8O5S/c1-28(2)43(47(62)56-25-35(59)23-41(56)45(60)53-29(3)31-10-12-33(13-11-31)44-30(4)51-27-64-44)57-26-36(24-52-57)63-21-20-55-18-16-32(17-19-55)34-14-15-39-37(22-34)49(5,6)48-54-46(61)42-38(50)8-7-9-40(42)58(39)48/h7-15,22,24,26-29,32,35,41,43,59H,16-21,23,25H2,1-6H3,(H,53,60)/t29-,35+,41-,43-/m0/s1. The number of ether oxygens (including phenoxy) is 1. The summed E-state index contributed by atoms with van der Waals surface area (Å²) in [5.74, 6) is 1.01.